The van der Waals surface area contributed by atoms with Crippen molar-refractivity contribution < 1.29 is 5.11 Å². The molecule has 0 unspecified atom stereocenters. The molecule has 0 spiro atoms. The topological polar surface area (TPSA) is 56.7 Å². The average molecular weight is 454 g/mol. The number of guanidine groups is 1. The van der Waals surface area contributed by atoms with E-state index in [0.717, 1.165) is 36.1 Å². The Morgan fingerprint density at radius 1 is 1.17 bits per heavy atom. The first-order valence-electron chi connectivity index (χ1n) is 8.02. The van der Waals surface area contributed by atoms with E-state index in [-0.39, 0.29) is 24.0 Å². The molecule has 0 saturated heterocycles. The zero-order valence-corrected chi connectivity index (χ0v) is 17.3. The van der Waals surface area contributed by atoms with Gasteiger partial charge < -0.3 is 15.7 Å². The minimum Gasteiger partial charge on any atom is -0.388 e. The highest BCUT2D eigenvalue weighted by molar-refractivity contribution is 14.0. The summed E-state index contributed by atoms with van der Waals surface area (Å²) in [5, 5.41) is 17.6. The molecule has 0 heterocycles. The second-order valence-electron chi connectivity index (χ2n) is 5.39. The molecule has 0 aromatic heterocycles. The second-order valence-corrected chi connectivity index (χ2v) is 5.80. The fourth-order valence-electron chi connectivity index (χ4n) is 2.06. The number of nitrogens with one attached hydrogen (secondary N) is 2. The van der Waals surface area contributed by atoms with Crippen LogP contribution in [0.5, 0.6) is 0 Å². The fraction of sp³-hybridized carbons (Fsp3) is 0.588. The third-order valence-corrected chi connectivity index (χ3v) is 4.21. The third-order valence-electron chi connectivity index (χ3n) is 3.84. The quantitative estimate of drug-likeness (QED) is 0.320. The molecule has 3 N–H and O–H groups in total. The Balaban J connectivity index is 0.00000484. The number of halogens is 2. The van der Waals surface area contributed by atoms with E-state index in [1.165, 1.54) is 0 Å². The van der Waals surface area contributed by atoms with E-state index in [1.54, 1.807) is 0 Å². The van der Waals surface area contributed by atoms with Crippen LogP contribution in [0.2, 0.25) is 5.02 Å². The molecule has 0 aliphatic heterocycles. The SMILES string of the molecule is CCNC(=NCC(O)(CC)CC)NCCc1ccccc1Cl.I. The summed E-state index contributed by atoms with van der Waals surface area (Å²) in [4.78, 5) is 4.49. The molecule has 0 aliphatic carbocycles. The van der Waals surface area contributed by atoms with Gasteiger partial charge in [-0.15, -0.1) is 24.0 Å². The molecule has 0 radical (unpaired) electrons. The standard InChI is InChI=1S/C17H28ClN3O.HI/c1-4-17(22,5-2)13-21-16(19-6-3)20-12-11-14-9-7-8-10-15(14)18;/h7-10,22H,4-6,11-13H2,1-3H3,(H2,19,20,21);1H. The molecule has 6 heteroatoms. The van der Waals surface area contributed by atoms with Crippen molar-refractivity contribution in [3.63, 3.8) is 0 Å². The Hall–Kier alpha value is -0.530. The van der Waals surface area contributed by atoms with Crippen LogP contribution >= 0.6 is 35.6 Å². The van der Waals surface area contributed by atoms with Crippen molar-refractivity contribution in [1.82, 2.24) is 10.6 Å². The number of hydrogen-bond acceptors (Lipinski definition) is 2. The van der Waals surface area contributed by atoms with Crippen molar-refractivity contribution in [3.8, 4) is 0 Å². The molecule has 0 bridgehead atoms. The minimum absolute atomic E-state index is 0. The number of hydrogen-bond donors (Lipinski definition) is 3. The van der Waals surface area contributed by atoms with Gasteiger partial charge in [-0.05, 0) is 37.8 Å². The normalized spacial score (nSPS) is 11.8. The molecular formula is C17H29ClIN3O. The molecule has 1 aromatic rings. The predicted octanol–water partition coefficient (Wildman–Crippen LogP) is 3.61. The summed E-state index contributed by atoms with van der Waals surface area (Å²) in [5.41, 5.74) is 0.400. The van der Waals surface area contributed by atoms with Gasteiger partial charge in [-0.2, -0.15) is 0 Å². The van der Waals surface area contributed by atoms with Gasteiger partial charge in [0.05, 0.1) is 12.1 Å². The minimum atomic E-state index is -0.717. The molecule has 0 fully saturated rings. The second kappa shape index (κ2) is 11.9. The molecular weight excluding hydrogens is 425 g/mol. The summed E-state index contributed by atoms with van der Waals surface area (Å²) >= 11 is 6.15. The van der Waals surface area contributed by atoms with Crippen LogP contribution in [0, 0.1) is 0 Å². The van der Waals surface area contributed by atoms with Crippen molar-refractivity contribution in [3.05, 3.63) is 34.9 Å². The van der Waals surface area contributed by atoms with E-state index in [4.69, 9.17) is 11.6 Å². The lowest BCUT2D eigenvalue weighted by molar-refractivity contribution is 0.0418. The molecule has 0 atom stereocenters. The maximum Gasteiger partial charge on any atom is 0.191 e. The predicted molar refractivity (Wildman–Crippen MR) is 110 cm³/mol. The molecule has 23 heavy (non-hydrogen) atoms. The summed E-state index contributed by atoms with van der Waals surface area (Å²) in [6.45, 7) is 7.92. The maximum absolute atomic E-state index is 10.3. The van der Waals surface area contributed by atoms with Gasteiger partial charge in [0.1, 0.15) is 0 Å². The fourth-order valence-corrected chi connectivity index (χ4v) is 2.29. The van der Waals surface area contributed by atoms with Crippen LogP contribution in [0.4, 0.5) is 0 Å². The number of rotatable bonds is 8. The largest absolute Gasteiger partial charge is 0.388 e. The van der Waals surface area contributed by atoms with Gasteiger partial charge >= 0.3 is 0 Å². The van der Waals surface area contributed by atoms with Crippen molar-refractivity contribution in [2.45, 2.75) is 45.6 Å². The Kier molecular flexibility index (Phi) is 11.6. The van der Waals surface area contributed by atoms with Gasteiger partial charge in [-0.3, -0.25) is 4.99 Å². The lowest BCUT2D eigenvalue weighted by Crippen LogP contribution is -2.40. The molecule has 1 aromatic carbocycles. The number of nitrogens with zero attached hydrogens (tertiary/aromatic N) is 1. The highest BCUT2D eigenvalue weighted by Gasteiger charge is 2.21. The molecule has 132 valence electrons. The highest BCUT2D eigenvalue weighted by atomic mass is 127. The Labute approximate surface area is 162 Å². The van der Waals surface area contributed by atoms with Crippen molar-refractivity contribution in [2.75, 3.05) is 19.6 Å². The molecule has 4 nitrogen and oxygen atoms in total. The first-order chi connectivity index (χ1) is 10.5. The Bertz CT molecular complexity index is 479. The van der Waals surface area contributed by atoms with Gasteiger partial charge in [0.15, 0.2) is 5.96 Å². The van der Waals surface area contributed by atoms with E-state index in [1.807, 2.05) is 45.0 Å². The van der Waals surface area contributed by atoms with Crippen LogP contribution in [0.25, 0.3) is 0 Å². The van der Waals surface area contributed by atoms with Gasteiger partial charge in [0, 0.05) is 18.1 Å². The van der Waals surface area contributed by atoms with Crippen LogP contribution < -0.4 is 10.6 Å². The monoisotopic (exact) mass is 453 g/mol. The third kappa shape index (κ3) is 8.22. The average Bonchev–Trinajstić information content (AvgIpc) is 2.54. The number of aliphatic hydroxyl groups is 1. The molecule has 1 rings (SSSR count). The summed E-state index contributed by atoms with van der Waals surface area (Å²) in [6, 6.07) is 7.85. The van der Waals surface area contributed by atoms with E-state index in [2.05, 4.69) is 15.6 Å². The maximum atomic E-state index is 10.3. The lowest BCUT2D eigenvalue weighted by Gasteiger charge is -2.23. The Morgan fingerprint density at radius 2 is 1.83 bits per heavy atom. The molecule has 0 amide bonds. The first-order valence-corrected chi connectivity index (χ1v) is 8.40. The highest BCUT2D eigenvalue weighted by Crippen LogP contribution is 2.15. The molecule has 0 saturated carbocycles. The summed E-state index contributed by atoms with van der Waals surface area (Å²) in [5.74, 6) is 0.731. The lowest BCUT2D eigenvalue weighted by atomic mass is 9.98. The van der Waals surface area contributed by atoms with E-state index >= 15 is 0 Å². The zero-order valence-electron chi connectivity index (χ0n) is 14.2. The summed E-state index contributed by atoms with van der Waals surface area (Å²) in [7, 11) is 0. The van der Waals surface area contributed by atoms with Crippen LogP contribution in [-0.2, 0) is 6.42 Å². The van der Waals surface area contributed by atoms with Crippen molar-refractivity contribution in [2.24, 2.45) is 4.99 Å². The van der Waals surface area contributed by atoms with Crippen molar-refractivity contribution >= 4 is 41.5 Å². The van der Waals surface area contributed by atoms with Crippen LogP contribution in [0.3, 0.4) is 0 Å². The van der Waals surface area contributed by atoms with Gasteiger partial charge in [0.25, 0.3) is 0 Å². The van der Waals surface area contributed by atoms with Gasteiger partial charge in [0.2, 0.25) is 0 Å². The number of aliphatic imine (C=N–C) groups is 1. The zero-order chi connectivity index (χ0) is 16.4. The van der Waals surface area contributed by atoms with Crippen LogP contribution in [0.15, 0.2) is 29.3 Å². The van der Waals surface area contributed by atoms with Crippen LogP contribution in [0.1, 0.15) is 39.2 Å². The van der Waals surface area contributed by atoms with Gasteiger partial charge in [-0.25, -0.2) is 0 Å². The first kappa shape index (κ1) is 22.5. The molecule has 0 aliphatic rings. The summed E-state index contributed by atoms with van der Waals surface area (Å²) in [6.07, 6.45) is 2.23. The van der Waals surface area contributed by atoms with Crippen molar-refractivity contribution in [1.29, 1.82) is 0 Å². The smallest absolute Gasteiger partial charge is 0.191 e. The summed E-state index contributed by atoms with van der Waals surface area (Å²) < 4.78 is 0. The van der Waals surface area contributed by atoms with E-state index in [0.29, 0.717) is 19.4 Å². The Morgan fingerprint density at radius 3 is 2.39 bits per heavy atom. The van der Waals surface area contributed by atoms with Gasteiger partial charge in [-0.1, -0.05) is 43.6 Å². The number of benzene rings is 1. The van der Waals surface area contributed by atoms with E-state index in [9.17, 15) is 5.11 Å². The van der Waals surface area contributed by atoms with E-state index < -0.39 is 5.60 Å². The van der Waals surface area contributed by atoms with Crippen LogP contribution in [-0.4, -0.2) is 36.3 Å².